The Bertz CT molecular complexity index is 726. The fraction of sp³-hybridized carbons (Fsp3) is 0.118. The topological polar surface area (TPSA) is 35.5 Å². The number of hydrogen-bond donors (Lipinski definition) is 0. The number of allylic oxidation sites excluding steroid dienone is 1. The Morgan fingerprint density at radius 2 is 1.91 bits per heavy atom. The van der Waals surface area contributed by atoms with E-state index in [0.717, 1.165) is 0 Å². The van der Waals surface area contributed by atoms with Crippen molar-refractivity contribution in [3.63, 3.8) is 0 Å². The van der Waals surface area contributed by atoms with Crippen molar-refractivity contribution in [3.05, 3.63) is 64.4 Å². The van der Waals surface area contributed by atoms with Gasteiger partial charge in [0.1, 0.15) is 17.3 Å². The second kappa shape index (κ2) is 7.09. The SMILES string of the molecule is COc1ccc(C(=O)/C=C/c2ccc(F)cc2Cl)c(OC)c1. The first-order valence-corrected chi connectivity index (χ1v) is 6.82. The average Bonchev–Trinajstić information content (AvgIpc) is 2.53. The van der Waals surface area contributed by atoms with Crippen LogP contribution in [-0.4, -0.2) is 20.0 Å². The first-order valence-electron chi connectivity index (χ1n) is 6.44. The van der Waals surface area contributed by atoms with Crippen LogP contribution in [0.1, 0.15) is 15.9 Å². The smallest absolute Gasteiger partial charge is 0.189 e. The molecule has 0 N–H and O–H groups in total. The molecule has 0 aliphatic heterocycles. The highest BCUT2D eigenvalue weighted by molar-refractivity contribution is 6.32. The molecular formula is C17H14ClFO3. The maximum Gasteiger partial charge on any atom is 0.189 e. The van der Waals surface area contributed by atoms with Gasteiger partial charge in [0.2, 0.25) is 0 Å². The summed E-state index contributed by atoms with van der Waals surface area (Å²) in [4.78, 5) is 12.3. The molecule has 0 saturated heterocycles. The van der Waals surface area contributed by atoms with Crippen LogP contribution in [0.3, 0.4) is 0 Å². The Morgan fingerprint density at radius 1 is 1.14 bits per heavy atom. The predicted octanol–water partition coefficient (Wildman–Crippen LogP) is 4.39. The third kappa shape index (κ3) is 3.65. The number of carbonyl (C=O) groups is 1. The van der Waals surface area contributed by atoms with Gasteiger partial charge in [-0.25, -0.2) is 4.39 Å². The fourth-order valence-electron chi connectivity index (χ4n) is 1.89. The van der Waals surface area contributed by atoms with E-state index in [0.29, 0.717) is 22.6 Å². The number of carbonyl (C=O) groups excluding carboxylic acids is 1. The summed E-state index contributed by atoms with van der Waals surface area (Å²) in [6.07, 6.45) is 2.90. The monoisotopic (exact) mass is 320 g/mol. The maximum atomic E-state index is 13.0. The number of rotatable bonds is 5. The lowest BCUT2D eigenvalue weighted by Gasteiger charge is -2.08. The third-order valence-corrected chi connectivity index (χ3v) is 3.38. The van der Waals surface area contributed by atoms with Crippen molar-refractivity contribution in [2.75, 3.05) is 14.2 Å². The van der Waals surface area contributed by atoms with Crippen LogP contribution < -0.4 is 9.47 Å². The van der Waals surface area contributed by atoms with E-state index in [1.54, 1.807) is 18.2 Å². The van der Waals surface area contributed by atoms with E-state index in [4.69, 9.17) is 21.1 Å². The van der Waals surface area contributed by atoms with E-state index in [-0.39, 0.29) is 10.8 Å². The number of ether oxygens (including phenoxy) is 2. The zero-order chi connectivity index (χ0) is 16.1. The Balaban J connectivity index is 2.27. The molecule has 2 aromatic rings. The van der Waals surface area contributed by atoms with Crippen molar-refractivity contribution < 1.29 is 18.7 Å². The van der Waals surface area contributed by atoms with Crippen LogP contribution in [0.2, 0.25) is 5.02 Å². The number of benzene rings is 2. The van der Waals surface area contributed by atoms with E-state index in [1.807, 2.05) is 0 Å². The van der Waals surface area contributed by atoms with Crippen LogP contribution in [0.25, 0.3) is 6.08 Å². The van der Waals surface area contributed by atoms with Gasteiger partial charge in [-0.15, -0.1) is 0 Å². The molecule has 0 aliphatic rings. The highest BCUT2D eigenvalue weighted by atomic mass is 35.5. The summed E-state index contributed by atoms with van der Waals surface area (Å²) in [5.74, 6) is 0.336. The summed E-state index contributed by atoms with van der Waals surface area (Å²) >= 11 is 5.91. The summed E-state index contributed by atoms with van der Waals surface area (Å²) < 4.78 is 23.3. The maximum absolute atomic E-state index is 13.0. The van der Waals surface area contributed by atoms with Crippen LogP contribution in [0.4, 0.5) is 4.39 Å². The Morgan fingerprint density at radius 3 is 2.55 bits per heavy atom. The van der Waals surface area contributed by atoms with Gasteiger partial charge >= 0.3 is 0 Å². The van der Waals surface area contributed by atoms with Crippen LogP contribution in [0.15, 0.2) is 42.5 Å². The standard InChI is InChI=1S/C17H14ClFO3/c1-21-13-6-7-14(17(10-13)22-2)16(20)8-4-11-3-5-12(19)9-15(11)18/h3-10H,1-2H3/b8-4+. The summed E-state index contributed by atoms with van der Waals surface area (Å²) in [6.45, 7) is 0. The van der Waals surface area contributed by atoms with Gasteiger partial charge in [0.25, 0.3) is 0 Å². The zero-order valence-corrected chi connectivity index (χ0v) is 12.9. The molecule has 0 unspecified atom stereocenters. The molecule has 22 heavy (non-hydrogen) atoms. The minimum absolute atomic E-state index is 0.241. The van der Waals surface area contributed by atoms with Gasteiger partial charge in [-0.1, -0.05) is 17.7 Å². The molecule has 3 nitrogen and oxygen atoms in total. The van der Waals surface area contributed by atoms with Gasteiger partial charge in [-0.3, -0.25) is 4.79 Å². The zero-order valence-electron chi connectivity index (χ0n) is 12.1. The van der Waals surface area contributed by atoms with Gasteiger partial charge in [0, 0.05) is 6.07 Å². The molecule has 0 radical (unpaired) electrons. The van der Waals surface area contributed by atoms with Crippen molar-refractivity contribution in [2.45, 2.75) is 0 Å². The highest BCUT2D eigenvalue weighted by Crippen LogP contribution is 2.26. The van der Waals surface area contributed by atoms with Gasteiger partial charge in [0.15, 0.2) is 5.78 Å². The van der Waals surface area contributed by atoms with Crippen molar-refractivity contribution in [3.8, 4) is 11.5 Å². The third-order valence-electron chi connectivity index (χ3n) is 3.05. The van der Waals surface area contributed by atoms with Gasteiger partial charge in [0.05, 0.1) is 24.8 Å². The van der Waals surface area contributed by atoms with Gasteiger partial charge in [-0.2, -0.15) is 0 Å². The van der Waals surface area contributed by atoms with E-state index in [9.17, 15) is 9.18 Å². The number of methoxy groups -OCH3 is 2. The second-order valence-electron chi connectivity index (χ2n) is 4.43. The molecule has 0 bridgehead atoms. The first kappa shape index (κ1) is 16.0. The van der Waals surface area contributed by atoms with E-state index < -0.39 is 5.82 Å². The Labute approximate surface area is 132 Å². The lowest BCUT2D eigenvalue weighted by atomic mass is 10.1. The predicted molar refractivity (Wildman–Crippen MR) is 84.3 cm³/mol. The van der Waals surface area contributed by atoms with Crippen LogP contribution >= 0.6 is 11.6 Å². The minimum atomic E-state index is -0.426. The molecule has 0 amide bonds. The molecular weight excluding hydrogens is 307 g/mol. The Hall–Kier alpha value is -2.33. The van der Waals surface area contributed by atoms with Crippen LogP contribution in [-0.2, 0) is 0 Å². The van der Waals surface area contributed by atoms with Crippen molar-refractivity contribution in [1.29, 1.82) is 0 Å². The lowest BCUT2D eigenvalue weighted by Crippen LogP contribution is -1.99. The molecule has 0 saturated carbocycles. The molecule has 5 heteroatoms. The van der Waals surface area contributed by atoms with Crippen LogP contribution in [0, 0.1) is 5.82 Å². The second-order valence-corrected chi connectivity index (χ2v) is 4.84. The normalized spacial score (nSPS) is 10.7. The van der Waals surface area contributed by atoms with Gasteiger partial charge in [-0.05, 0) is 42.0 Å². The summed E-state index contributed by atoms with van der Waals surface area (Å²) in [5, 5.41) is 0.241. The molecule has 114 valence electrons. The molecule has 0 heterocycles. The van der Waals surface area contributed by atoms with E-state index >= 15 is 0 Å². The number of halogens is 2. The minimum Gasteiger partial charge on any atom is -0.497 e. The van der Waals surface area contributed by atoms with Gasteiger partial charge < -0.3 is 9.47 Å². The quantitative estimate of drug-likeness (QED) is 0.605. The van der Waals surface area contributed by atoms with E-state index in [1.165, 1.54) is 44.6 Å². The number of hydrogen-bond acceptors (Lipinski definition) is 3. The Kier molecular flexibility index (Phi) is 5.17. The summed E-state index contributed by atoms with van der Waals surface area (Å²) in [7, 11) is 3.01. The molecule has 2 rings (SSSR count). The molecule has 0 aliphatic carbocycles. The average molecular weight is 321 g/mol. The fourth-order valence-corrected chi connectivity index (χ4v) is 2.12. The molecule has 0 spiro atoms. The molecule has 0 aromatic heterocycles. The van der Waals surface area contributed by atoms with Crippen LogP contribution in [0.5, 0.6) is 11.5 Å². The summed E-state index contributed by atoms with van der Waals surface area (Å²) in [5.41, 5.74) is 0.960. The van der Waals surface area contributed by atoms with Crippen molar-refractivity contribution in [2.24, 2.45) is 0 Å². The lowest BCUT2D eigenvalue weighted by molar-refractivity contribution is 0.104. The summed E-state index contributed by atoms with van der Waals surface area (Å²) in [6, 6.07) is 8.91. The highest BCUT2D eigenvalue weighted by Gasteiger charge is 2.11. The van der Waals surface area contributed by atoms with Crippen molar-refractivity contribution >= 4 is 23.5 Å². The number of ketones is 1. The van der Waals surface area contributed by atoms with Crippen molar-refractivity contribution in [1.82, 2.24) is 0 Å². The largest absolute Gasteiger partial charge is 0.497 e. The molecule has 2 aromatic carbocycles. The molecule has 0 atom stereocenters. The van der Waals surface area contributed by atoms with E-state index in [2.05, 4.69) is 0 Å². The first-order chi connectivity index (χ1) is 10.5. The molecule has 0 fully saturated rings.